The van der Waals surface area contributed by atoms with E-state index in [1.807, 2.05) is 36.4 Å². The predicted octanol–water partition coefficient (Wildman–Crippen LogP) is 0.480. The van der Waals surface area contributed by atoms with E-state index in [1.54, 1.807) is 4.90 Å². The first-order valence-corrected chi connectivity index (χ1v) is 6.31. The second kappa shape index (κ2) is 6.32. The molecule has 1 fully saturated rings. The van der Waals surface area contributed by atoms with Gasteiger partial charge in [0.15, 0.2) is 6.10 Å². The van der Waals surface area contributed by atoms with Crippen molar-refractivity contribution in [2.45, 2.75) is 12.0 Å². The third kappa shape index (κ3) is 3.11. The number of ether oxygens (including phenoxy) is 1. The monoisotopic (exact) mass is 259 g/mol. The molecule has 0 radical (unpaired) electrons. The van der Waals surface area contributed by atoms with Gasteiger partial charge < -0.3 is 15.4 Å². The van der Waals surface area contributed by atoms with Gasteiger partial charge in [0.05, 0.1) is 25.1 Å². The van der Waals surface area contributed by atoms with Gasteiger partial charge in [0, 0.05) is 13.1 Å². The lowest BCUT2D eigenvalue weighted by Gasteiger charge is -2.32. The molecule has 2 rings (SSSR count). The third-order valence-corrected chi connectivity index (χ3v) is 3.26. The maximum Gasteiger partial charge on any atom is 0.231 e. The minimum Gasteiger partial charge on any atom is -0.360 e. The summed E-state index contributed by atoms with van der Waals surface area (Å²) in [6.45, 7) is 1.49. The van der Waals surface area contributed by atoms with E-state index in [0.717, 1.165) is 5.56 Å². The van der Waals surface area contributed by atoms with Crippen LogP contribution in [0.5, 0.6) is 0 Å². The SMILES string of the molecule is N#CC1CN(C(=O)C(CN)c2ccccc2)CCO1. The molecule has 2 atom stereocenters. The van der Waals surface area contributed by atoms with Crippen molar-refractivity contribution in [1.29, 1.82) is 5.26 Å². The van der Waals surface area contributed by atoms with Crippen molar-refractivity contribution in [2.75, 3.05) is 26.2 Å². The van der Waals surface area contributed by atoms with Gasteiger partial charge in [-0.1, -0.05) is 30.3 Å². The van der Waals surface area contributed by atoms with Crippen molar-refractivity contribution >= 4 is 5.91 Å². The number of benzene rings is 1. The van der Waals surface area contributed by atoms with Crippen LogP contribution in [0.2, 0.25) is 0 Å². The summed E-state index contributed by atoms with van der Waals surface area (Å²) in [5.41, 5.74) is 6.65. The van der Waals surface area contributed by atoms with Crippen LogP contribution in [0, 0.1) is 11.3 Å². The molecule has 5 heteroatoms. The highest BCUT2D eigenvalue weighted by Crippen LogP contribution is 2.19. The van der Waals surface area contributed by atoms with Gasteiger partial charge >= 0.3 is 0 Å². The van der Waals surface area contributed by atoms with Crippen molar-refractivity contribution in [2.24, 2.45) is 5.73 Å². The van der Waals surface area contributed by atoms with Gasteiger partial charge in [-0.05, 0) is 5.56 Å². The normalized spacial score (nSPS) is 20.6. The standard InChI is InChI=1S/C14H17N3O2/c15-8-12-10-17(6-7-19-12)14(18)13(9-16)11-4-2-1-3-5-11/h1-5,12-13H,6-7,9-10,16H2. The largest absolute Gasteiger partial charge is 0.360 e. The van der Waals surface area contributed by atoms with Gasteiger partial charge in [-0.15, -0.1) is 0 Å². The summed E-state index contributed by atoms with van der Waals surface area (Å²) in [6.07, 6.45) is -0.535. The van der Waals surface area contributed by atoms with Crippen LogP contribution >= 0.6 is 0 Å². The number of morpholine rings is 1. The molecule has 1 aromatic rings. The second-order valence-corrected chi connectivity index (χ2v) is 4.47. The van der Waals surface area contributed by atoms with Crippen LogP contribution in [0.25, 0.3) is 0 Å². The van der Waals surface area contributed by atoms with E-state index in [1.165, 1.54) is 0 Å². The Labute approximate surface area is 112 Å². The van der Waals surface area contributed by atoms with Crippen molar-refractivity contribution < 1.29 is 9.53 Å². The molecule has 1 saturated heterocycles. The first-order chi connectivity index (χ1) is 9.26. The lowest BCUT2D eigenvalue weighted by atomic mass is 9.97. The molecule has 0 aromatic heterocycles. The maximum absolute atomic E-state index is 12.5. The molecule has 0 spiro atoms. The number of hydrogen-bond acceptors (Lipinski definition) is 4. The Morgan fingerprint density at radius 1 is 1.53 bits per heavy atom. The van der Waals surface area contributed by atoms with Gasteiger partial charge in [-0.3, -0.25) is 4.79 Å². The highest BCUT2D eigenvalue weighted by Gasteiger charge is 2.29. The molecule has 1 amide bonds. The molecule has 0 aliphatic carbocycles. The number of hydrogen-bond donors (Lipinski definition) is 1. The summed E-state index contributed by atoms with van der Waals surface area (Å²) >= 11 is 0. The van der Waals surface area contributed by atoms with E-state index in [0.29, 0.717) is 19.7 Å². The lowest BCUT2D eigenvalue weighted by molar-refractivity contribution is -0.138. The van der Waals surface area contributed by atoms with E-state index < -0.39 is 6.10 Å². The molecule has 100 valence electrons. The first-order valence-electron chi connectivity index (χ1n) is 6.31. The van der Waals surface area contributed by atoms with Gasteiger partial charge in [0.2, 0.25) is 5.91 Å². The molecule has 0 bridgehead atoms. The Morgan fingerprint density at radius 2 is 2.26 bits per heavy atom. The van der Waals surface area contributed by atoms with Gasteiger partial charge in [0.1, 0.15) is 0 Å². The van der Waals surface area contributed by atoms with Gasteiger partial charge in [0.25, 0.3) is 0 Å². The second-order valence-electron chi connectivity index (χ2n) is 4.47. The molecule has 2 unspecified atom stereocenters. The van der Waals surface area contributed by atoms with Crippen LogP contribution in [0.15, 0.2) is 30.3 Å². The van der Waals surface area contributed by atoms with Crippen molar-refractivity contribution in [3.8, 4) is 6.07 Å². The Morgan fingerprint density at radius 3 is 2.89 bits per heavy atom. The average molecular weight is 259 g/mol. The number of carbonyl (C=O) groups is 1. The molecule has 1 heterocycles. The van der Waals surface area contributed by atoms with E-state index in [2.05, 4.69) is 0 Å². The smallest absolute Gasteiger partial charge is 0.231 e. The fraction of sp³-hybridized carbons (Fsp3) is 0.429. The highest BCUT2D eigenvalue weighted by molar-refractivity contribution is 5.84. The van der Waals surface area contributed by atoms with Crippen LogP contribution in [-0.2, 0) is 9.53 Å². The molecular formula is C14H17N3O2. The Kier molecular flexibility index (Phi) is 4.50. The predicted molar refractivity (Wildman–Crippen MR) is 70.2 cm³/mol. The zero-order chi connectivity index (χ0) is 13.7. The van der Waals surface area contributed by atoms with E-state index in [-0.39, 0.29) is 18.4 Å². The van der Waals surface area contributed by atoms with Crippen LogP contribution in [0.1, 0.15) is 11.5 Å². The lowest BCUT2D eigenvalue weighted by Crippen LogP contribution is -2.47. The van der Waals surface area contributed by atoms with Gasteiger partial charge in [-0.2, -0.15) is 5.26 Å². The molecule has 1 aromatic carbocycles. The van der Waals surface area contributed by atoms with Crippen molar-refractivity contribution in [3.63, 3.8) is 0 Å². The summed E-state index contributed by atoms with van der Waals surface area (Å²) in [5.74, 6) is -0.379. The van der Waals surface area contributed by atoms with Crippen molar-refractivity contribution in [3.05, 3.63) is 35.9 Å². The van der Waals surface area contributed by atoms with E-state index in [9.17, 15) is 4.79 Å². The van der Waals surface area contributed by atoms with E-state index in [4.69, 9.17) is 15.7 Å². The first kappa shape index (κ1) is 13.5. The minimum atomic E-state index is -0.535. The maximum atomic E-state index is 12.5. The Balaban J connectivity index is 2.11. The fourth-order valence-electron chi connectivity index (χ4n) is 2.21. The number of amides is 1. The Hall–Kier alpha value is -1.90. The van der Waals surface area contributed by atoms with Gasteiger partial charge in [-0.25, -0.2) is 0 Å². The van der Waals surface area contributed by atoms with Crippen LogP contribution in [0.4, 0.5) is 0 Å². The molecule has 5 nitrogen and oxygen atoms in total. The summed E-state index contributed by atoms with van der Waals surface area (Å²) in [6, 6.07) is 11.5. The number of nitrogens with zero attached hydrogens (tertiary/aromatic N) is 2. The molecule has 2 N–H and O–H groups in total. The molecule has 19 heavy (non-hydrogen) atoms. The molecular weight excluding hydrogens is 242 g/mol. The van der Waals surface area contributed by atoms with Crippen LogP contribution < -0.4 is 5.73 Å². The van der Waals surface area contributed by atoms with E-state index >= 15 is 0 Å². The number of rotatable bonds is 3. The molecule has 0 saturated carbocycles. The highest BCUT2D eigenvalue weighted by atomic mass is 16.5. The number of nitrogens with two attached hydrogens (primary N) is 1. The zero-order valence-electron chi connectivity index (χ0n) is 10.7. The molecule has 1 aliphatic heterocycles. The summed E-state index contributed by atoms with van der Waals surface area (Å²) in [4.78, 5) is 14.1. The fourth-order valence-corrected chi connectivity index (χ4v) is 2.21. The Bertz CT molecular complexity index is 469. The minimum absolute atomic E-state index is 0.0303. The quantitative estimate of drug-likeness (QED) is 0.856. The zero-order valence-corrected chi connectivity index (χ0v) is 10.7. The average Bonchev–Trinajstić information content (AvgIpc) is 2.49. The summed E-state index contributed by atoms with van der Waals surface area (Å²) in [7, 11) is 0. The van der Waals surface area contributed by atoms with Crippen molar-refractivity contribution in [1.82, 2.24) is 4.90 Å². The van der Waals surface area contributed by atoms with Crippen LogP contribution in [0.3, 0.4) is 0 Å². The summed E-state index contributed by atoms with van der Waals surface area (Å²) in [5, 5.41) is 8.87. The summed E-state index contributed by atoms with van der Waals surface area (Å²) < 4.78 is 5.24. The number of nitriles is 1. The third-order valence-electron chi connectivity index (χ3n) is 3.26. The molecule has 1 aliphatic rings. The number of carbonyl (C=O) groups excluding carboxylic acids is 1. The van der Waals surface area contributed by atoms with Crippen LogP contribution in [-0.4, -0.2) is 43.2 Å². The topological polar surface area (TPSA) is 79.4 Å².